The molecule has 1 atom stereocenters. The molecule has 0 heterocycles. The van der Waals surface area contributed by atoms with Crippen molar-refractivity contribution in [2.24, 2.45) is 0 Å². The summed E-state index contributed by atoms with van der Waals surface area (Å²) < 4.78 is 10.6. The maximum absolute atomic E-state index is 12.9. The van der Waals surface area contributed by atoms with Crippen molar-refractivity contribution < 1.29 is 14.3 Å². The third kappa shape index (κ3) is 6.58. The lowest BCUT2D eigenvalue weighted by Crippen LogP contribution is -2.44. The van der Waals surface area contributed by atoms with Crippen LogP contribution in [-0.4, -0.2) is 44.2 Å². The highest BCUT2D eigenvalue weighted by molar-refractivity contribution is 5.95. The van der Waals surface area contributed by atoms with Gasteiger partial charge in [-0.15, -0.1) is 0 Å². The molecule has 0 saturated heterocycles. The molecule has 0 fully saturated rings. The van der Waals surface area contributed by atoms with Crippen LogP contribution in [0.5, 0.6) is 11.5 Å². The Kier molecular flexibility index (Phi) is 10.0. The molecular weight excluding hydrogens is 316 g/mol. The van der Waals surface area contributed by atoms with E-state index in [-0.39, 0.29) is 11.9 Å². The number of unbranched alkanes of at least 4 members (excludes halogenated alkanes) is 3. The Morgan fingerprint density at radius 2 is 1.72 bits per heavy atom. The average Bonchev–Trinajstić information content (AvgIpc) is 2.64. The summed E-state index contributed by atoms with van der Waals surface area (Å²) in [7, 11) is 3.19. The lowest BCUT2D eigenvalue weighted by atomic mass is 10.0. The highest BCUT2D eigenvalue weighted by Gasteiger charge is 2.23. The van der Waals surface area contributed by atoms with Gasteiger partial charge in [-0.05, 0) is 31.6 Å². The van der Waals surface area contributed by atoms with Crippen molar-refractivity contribution >= 4 is 11.6 Å². The van der Waals surface area contributed by atoms with Gasteiger partial charge in [0.25, 0.3) is 0 Å². The lowest BCUT2D eigenvalue weighted by Gasteiger charge is -2.28. The highest BCUT2D eigenvalue weighted by Crippen LogP contribution is 2.30. The van der Waals surface area contributed by atoms with Crippen LogP contribution in [0.15, 0.2) is 18.2 Å². The van der Waals surface area contributed by atoms with Crippen molar-refractivity contribution in [3.63, 3.8) is 0 Å². The number of carbonyl (C=O) groups excluding carboxylic acids is 1. The largest absolute Gasteiger partial charge is 0.493 e. The van der Waals surface area contributed by atoms with E-state index in [9.17, 15) is 4.79 Å². The Morgan fingerprint density at radius 3 is 2.28 bits per heavy atom. The van der Waals surface area contributed by atoms with Crippen molar-refractivity contribution in [3.8, 4) is 11.5 Å². The third-order valence-corrected chi connectivity index (χ3v) is 4.54. The molecule has 142 valence electrons. The molecule has 1 aromatic carbocycles. The maximum atomic E-state index is 12.9. The summed E-state index contributed by atoms with van der Waals surface area (Å²) in [5.74, 6) is 1.32. The fraction of sp³-hybridized carbons (Fsp3) is 0.650. The number of likely N-dealkylation sites (N-methyl/N-ethyl adjacent to an activating group) is 1. The first-order valence-electron chi connectivity index (χ1n) is 9.38. The van der Waals surface area contributed by atoms with Gasteiger partial charge >= 0.3 is 0 Å². The van der Waals surface area contributed by atoms with Gasteiger partial charge in [-0.3, -0.25) is 9.69 Å². The van der Waals surface area contributed by atoms with E-state index < -0.39 is 0 Å². The van der Waals surface area contributed by atoms with E-state index in [1.165, 1.54) is 19.3 Å². The first-order valence-corrected chi connectivity index (χ1v) is 9.38. The molecule has 1 N–H and O–H groups in total. The van der Waals surface area contributed by atoms with E-state index >= 15 is 0 Å². The molecule has 1 rings (SSSR count). The molecule has 0 bridgehead atoms. The van der Waals surface area contributed by atoms with E-state index in [1.807, 2.05) is 12.1 Å². The van der Waals surface area contributed by atoms with E-state index in [2.05, 4.69) is 31.0 Å². The number of nitrogens with one attached hydrogen (secondary N) is 1. The number of rotatable bonds is 12. The number of nitrogens with zero attached hydrogens (tertiary/aromatic N) is 1. The van der Waals surface area contributed by atoms with Crippen LogP contribution in [0.25, 0.3) is 0 Å². The van der Waals surface area contributed by atoms with Gasteiger partial charge in [0.05, 0.1) is 20.3 Å². The van der Waals surface area contributed by atoms with Crippen LogP contribution in [0.1, 0.15) is 52.9 Å². The van der Waals surface area contributed by atoms with Crippen molar-refractivity contribution in [2.75, 3.05) is 32.6 Å². The van der Waals surface area contributed by atoms with Crippen LogP contribution in [0.2, 0.25) is 0 Å². The molecule has 5 heteroatoms. The Hall–Kier alpha value is -1.75. The number of methoxy groups -OCH3 is 2. The third-order valence-electron chi connectivity index (χ3n) is 4.54. The van der Waals surface area contributed by atoms with Gasteiger partial charge in [-0.2, -0.15) is 0 Å². The van der Waals surface area contributed by atoms with Gasteiger partial charge in [0.2, 0.25) is 5.91 Å². The van der Waals surface area contributed by atoms with Crippen molar-refractivity contribution in [3.05, 3.63) is 18.2 Å². The van der Waals surface area contributed by atoms with Crippen LogP contribution in [0.3, 0.4) is 0 Å². The van der Waals surface area contributed by atoms with Crippen molar-refractivity contribution in [1.82, 2.24) is 4.90 Å². The summed E-state index contributed by atoms with van der Waals surface area (Å²) in [5.41, 5.74) is 0.730. The second kappa shape index (κ2) is 11.7. The van der Waals surface area contributed by atoms with E-state index in [0.29, 0.717) is 11.5 Å². The monoisotopic (exact) mass is 350 g/mol. The molecule has 0 aliphatic rings. The maximum Gasteiger partial charge on any atom is 0.241 e. The minimum absolute atomic E-state index is 0.0485. The second-order valence-electron chi connectivity index (χ2n) is 6.15. The fourth-order valence-corrected chi connectivity index (χ4v) is 3.05. The number of hydrogen-bond acceptors (Lipinski definition) is 4. The minimum Gasteiger partial charge on any atom is -0.493 e. The smallest absolute Gasteiger partial charge is 0.241 e. The van der Waals surface area contributed by atoms with Gasteiger partial charge in [0.15, 0.2) is 11.5 Å². The van der Waals surface area contributed by atoms with Crippen LogP contribution in [0.4, 0.5) is 5.69 Å². The molecule has 0 saturated carbocycles. The summed E-state index contributed by atoms with van der Waals surface area (Å²) in [5, 5.41) is 3.04. The van der Waals surface area contributed by atoms with Crippen LogP contribution < -0.4 is 14.8 Å². The Labute approximate surface area is 152 Å². The molecule has 0 aromatic heterocycles. The van der Waals surface area contributed by atoms with Crippen LogP contribution in [0, 0.1) is 0 Å². The van der Waals surface area contributed by atoms with Gasteiger partial charge < -0.3 is 14.8 Å². The minimum atomic E-state index is -0.0973. The molecule has 1 unspecified atom stereocenters. The quantitative estimate of drug-likeness (QED) is 0.570. The average molecular weight is 351 g/mol. The summed E-state index contributed by atoms with van der Waals surface area (Å²) in [6.45, 7) is 8.15. The highest BCUT2D eigenvalue weighted by atomic mass is 16.5. The topological polar surface area (TPSA) is 50.8 Å². The first kappa shape index (κ1) is 21.3. The lowest BCUT2D eigenvalue weighted by molar-refractivity contribution is -0.121. The van der Waals surface area contributed by atoms with Crippen molar-refractivity contribution in [1.29, 1.82) is 0 Å². The molecule has 0 aliphatic heterocycles. The molecule has 0 spiro atoms. The van der Waals surface area contributed by atoms with E-state index in [0.717, 1.165) is 31.6 Å². The molecule has 5 nitrogen and oxygen atoms in total. The zero-order valence-electron chi connectivity index (χ0n) is 16.4. The standard InChI is InChI=1S/C20H34N2O3/c1-6-9-10-11-12-17(22(7-2)8-3)20(23)21-16-13-14-18(24-4)19(15-16)25-5/h13-15,17H,6-12H2,1-5H3,(H,21,23). The van der Waals surface area contributed by atoms with Gasteiger partial charge in [-0.25, -0.2) is 0 Å². The summed E-state index contributed by atoms with van der Waals surface area (Å²) in [4.78, 5) is 15.1. The summed E-state index contributed by atoms with van der Waals surface area (Å²) in [6.07, 6.45) is 5.57. The second-order valence-corrected chi connectivity index (χ2v) is 6.15. The fourth-order valence-electron chi connectivity index (χ4n) is 3.05. The number of anilines is 1. The number of ether oxygens (including phenoxy) is 2. The number of hydrogen-bond donors (Lipinski definition) is 1. The summed E-state index contributed by atoms with van der Waals surface area (Å²) >= 11 is 0. The number of benzene rings is 1. The van der Waals surface area contributed by atoms with E-state index in [4.69, 9.17) is 9.47 Å². The van der Waals surface area contributed by atoms with Gasteiger partial charge in [0.1, 0.15) is 0 Å². The van der Waals surface area contributed by atoms with Crippen molar-refractivity contribution in [2.45, 2.75) is 58.9 Å². The Morgan fingerprint density at radius 1 is 1.04 bits per heavy atom. The molecule has 1 aromatic rings. The Balaban J connectivity index is 2.82. The van der Waals surface area contributed by atoms with E-state index in [1.54, 1.807) is 20.3 Å². The Bertz CT molecular complexity index is 516. The van der Waals surface area contributed by atoms with Gasteiger partial charge in [0, 0.05) is 11.8 Å². The first-order chi connectivity index (χ1) is 12.1. The molecule has 1 amide bonds. The van der Waals surface area contributed by atoms with Gasteiger partial charge in [-0.1, -0.05) is 46.5 Å². The zero-order valence-corrected chi connectivity index (χ0v) is 16.4. The predicted molar refractivity (Wildman–Crippen MR) is 104 cm³/mol. The predicted octanol–water partition coefficient (Wildman–Crippen LogP) is 4.32. The SMILES string of the molecule is CCCCCCC(C(=O)Nc1ccc(OC)c(OC)c1)N(CC)CC. The zero-order chi connectivity index (χ0) is 18.7. The number of amides is 1. The molecule has 25 heavy (non-hydrogen) atoms. The molecular formula is C20H34N2O3. The van der Waals surface area contributed by atoms with Crippen LogP contribution >= 0.6 is 0 Å². The van der Waals surface area contributed by atoms with Crippen LogP contribution in [-0.2, 0) is 4.79 Å². The number of carbonyl (C=O) groups is 1. The molecule has 0 aliphatic carbocycles. The normalized spacial score (nSPS) is 12.1. The summed E-state index contributed by atoms with van der Waals surface area (Å²) in [6, 6.07) is 5.35. The molecule has 0 radical (unpaired) electrons.